The topological polar surface area (TPSA) is 70.1 Å². The van der Waals surface area contributed by atoms with Gasteiger partial charge in [0.15, 0.2) is 0 Å². The van der Waals surface area contributed by atoms with Crippen LogP contribution in [0.2, 0.25) is 0 Å². The number of esters is 1. The lowest BCUT2D eigenvalue weighted by molar-refractivity contribution is -0.141. The second-order valence-electron chi connectivity index (χ2n) is 4.01. The number of nitrogens with zero attached hydrogens (tertiary/aromatic N) is 2. The predicted molar refractivity (Wildman–Crippen MR) is 61.0 cm³/mol. The Morgan fingerprint density at radius 2 is 2.31 bits per heavy atom. The van der Waals surface area contributed by atoms with Crippen LogP contribution >= 0.6 is 0 Å². The fraction of sp³-hybridized carbons (Fsp3) is 0.636. The van der Waals surface area contributed by atoms with Crippen LogP contribution in [0.25, 0.3) is 0 Å². The molecule has 0 amide bonds. The van der Waals surface area contributed by atoms with Gasteiger partial charge in [0.1, 0.15) is 0 Å². The van der Waals surface area contributed by atoms with Gasteiger partial charge in [0.05, 0.1) is 13.5 Å². The maximum absolute atomic E-state index is 11.3. The second kappa shape index (κ2) is 5.65. The lowest BCUT2D eigenvalue weighted by Gasteiger charge is -2.17. The van der Waals surface area contributed by atoms with Crippen LogP contribution in [0.4, 0.5) is 0 Å². The van der Waals surface area contributed by atoms with E-state index < -0.39 is 0 Å². The molecule has 1 rings (SSSR count). The first-order valence-electron chi connectivity index (χ1n) is 5.40. The van der Waals surface area contributed by atoms with Gasteiger partial charge in [-0.2, -0.15) is 5.10 Å². The van der Waals surface area contributed by atoms with Crippen molar-refractivity contribution in [3.05, 3.63) is 18.0 Å². The van der Waals surface area contributed by atoms with Crippen molar-refractivity contribution in [3.8, 4) is 0 Å². The van der Waals surface area contributed by atoms with E-state index in [0.717, 1.165) is 5.69 Å². The Bertz CT molecular complexity index is 347. The van der Waals surface area contributed by atoms with Gasteiger partial charge in [-0.15, -0.1) is 0 Å². The maximum atomic E-state index is 11.3. The highest BCUT2D eigenvalue weighted by atomic mass is 16.5. The van der Waals surface area contributed by atoms with Crippen molar-refractivity contribution in [3.63, 3.8) is 0 Å². The zero-order valence-corrected chi connectivity index (χ0v) is 10.0. The summed E-state index contributed by atoms with van der Waals surface area (Å²) in [5, 5.41) is 4.23. The third kappa shape index (κ3) is 2.82. The molecule has 0 aliphatic heterocycles. The van der Waals surface area contributed by atoms with Gasteiger partial charge in [-0.3, -0.25) is 9.48 Å². The first-order valence-corrected chi connectivity index (χ1v) is 5.40. The molecule has 1 atom stereocenters. The standard InChI is InChI=1S/C11H19N3O2/c1-8(2)14-10(4-5-13-14)9(7-12)6-11(15)16-3/h4-5,8-9H,6-7,12H2,1-3H3. The van der Waals surface area contributed by atoms with E-state index in [1.165, 1.54) is 7.11 Å². The fourth-order valence-electron chi connectivity index (χ4n) is 1.67. The minimum Gasteiger partial charge on any atom is -0.469 e. The van der Waals surface area contributed by atoms with E-state index in [1.807, 2.05) is 24.6 Å². The van der Waals surface area contributed by atoms with Gasteiger partial charge in [0.2, 0.25) is 0 Å². The lowest BCUT2D eigenvalue weighted by atomic mass is 10.0. The van der Waals surface area contributed by atoms with Gasteiger partial charge >= 0.3 is 5.97 Å². The van der Waals surface area contributed by atoms with Crippen molar-refractivity contribution in [2.24, 2.45) is 5.73 Å². The van der Waals surface area contributed by atoms with E-state index in [-0.39, 0.29) is 17.9 Å². The number of hydrogen-bond donors (Lipinski definition) is 1. The van der Waals surface area contributed by atoms with Gasteiger partial charge in [-0.25, -0.2) is 0 Å². The first-order chi connectivity index (χ1) is 7.60. The Hall–Kier alpha value is -1.36. The summed E-state index contributed by atoms with van der Waals surface area (Å²) in [6.45, 7) is 4.50. The van der Waals surface area contributed by atoms with Crippen molar-refractivity contribution >= 4 is 5.97 Å². The monoisotopic (exact) mass is 225 g/mol. The Kier molecular flexibility index (Phi) is 4.49. The highest BCUT2D eigenvalue weighted by molar-refractivity contribution is 5.70. The summed E-state index contributed by atoms with van der Waals surface area (Å²) in [6, 6.07) is 2.16. The molecule has 1 aromatic heterocycles. The quantitative estimate of drug-likeness (QED) is 0.761. The molecule has 0 aromatic carbocycles. The third-order valence-electron chi connectivity index (χ3n) is 2.53. The van der Waals surface area contributed by atoms with Crippen LogP contribution in [0.5, 0.6) is 0 Å². The van der Waals surface area contributed by atoms with Crippen LogP contribution in [0.3, 0.4) is 0 Å². The van der Waals surface area contributed by atoms with E-state index in [4.69, 9.17) is 5.73 Å². The number of hydrogen-bond acceptors (Lipinski definition) is 4. The van der Waals surface area contributed by atoms with Crippen LogP contribution in [0, 0.1) is 0 Å². The summed E-state index contributed by atoms with van der Waals surface area (Å²) < 4.78 is 6.55. The molecule has 0 spiro atoms. The molecule has 1 unspecified atom stereocenters. The molecule has 2 N–H and O–H groups in total. The average Bonchev–Trinajstić information content (AvgIpc) is 2.74. The minimum absolute atomic E-state index is 0.0302. The van der Waals surface area contributed by atoms with Gasteiger partial charge in [0.25, 0.3) is 0 Å². The molecular weight excluding hydrogens is 206 g/mol. The van der Waals surface area contributed by atoms with Gasteiger partial charge in [-0.05, 0) is 19.9 Å². The number of carbonyl (C=O) groups is 1. The van der Waals surface area contributed by atoms with Crippen molar-refractivity contribution in [2.45, 2.75) is 32.2 Å². The van der Waals surface area contributed by atoms with E-state index in [1.54, 1.807) is 6.20 Å². The first kappa shape index (κ1) is 12.7. The van der Waals surface area contributed by atoms with Crippen molar-refractivity contribution < 1.29 is 9.53 Å². The fourth-order valence-corrected chi connectivity index (χ4v) is 1.67. The molecule has 0 bridgehead atoms. The van der Waals surface area contributed by atoms with E-state index >= 15 is 0 Å². The summed E-state index contributed by atoms with van der Waals surface area (Å²) in [4.78, 5) is 11.3. The molecule has 0 aliphatic rings. The Morgan fingerprint density at radius 3 is 2.81 bits per heavy atom. The summed E-state index contributed by atoms with van der Waals surface area (Å²) in [5.41, 5.74) is 6.68. The smallest absolute Gasteiger partial charge is 0.306 e. The van der Waals surface area contributed by atoms with E-state index in [2.05, 4.69) is 9.84 Å². The second-order valence-corrected chi connectivity index (χ2v) is 4.01. The number of rotatable bonds is 5. The Labute approximate surface area is 95.6 Å². The van der Waals surface area contributed by atoms with Crippen LogP contribution < -0.4 is 5.73 Å². The molecule has 0 aliphatic carbocycles. The molecule has 0 radical (unpaired) electrons. The van der Waals surface area contributed by atoms with E-state index in [0.29, 0.717) is 13.0 Å². The van der Waals surface area contributed by atoms with Gasteiger partial charge in [0, 0.05) is 30.4 Å². The molecule has 0 saturated carbocycles. The maximum Gasteiger partial charge on any atom is 0.306 e. The van der Waals surface area contributed by atoms with Crippen LogP contribution in [0.15, 0.2) is 12.3 Å². The molecule has 1 heterocycles. The number of ether oxygens (including phenoxy) is 1. The molecule has 1 aromatic rings. The molecule has 0 fully saturated rings. The molecule has 5 heteroatoms. The SMILES string of the molecule is COC(=O)CC(CN)c1ccnn1C(C)C. The van der Waals surface area contributed by atoms with Crippen molar-refractivity contribution in [2.75, 3.05) is 13.7 Å². The molecule has 90 valence electrons. The molecular formula is C11H19N3O2. The predicted octanol–water partition coefficient (Wildman–Crippen LogP) is 1.07. The number of nitrogens with two attached hydrogens (primary N) is 1. The zero-order chi connectivity index (χ0) is 12.1. The zero-order valence-electron chi connectivity index (χ0n) is 10.0. The average molecular weight is 225 g/mol. The molecule has 0 saturated heterocycles. The number of methoxy groups -OCH3 is 1. The number of carbonyl (C=O) groups excluding carboxylic acids is 1. The van der Waals surface area contributed by atoms with Crippen LogP contribution in [0.1, 0.15) is 37.9 Å². The van der Waals surface area contributed by atoms with Crippen molar-refractivity contribution in [1.82, 2.24) is 9.78 Å². The third-order valence-corrected chi connectivity index (χ3v) is 2.53. The van der Waals surface area contributed by atoms with Crippen LogP contribution in [-0.4, -0.2) is 29.4 Å². The Morgan fingerprint density at radius 1 is 1.62 bits per heavy atom. The minimum atomic E-state index is -0.244. The lowest BCUT2D eigenvalue weighted by Crippen LogP contribution is -2.21. The summed E-state index contributed by atoms with van der Waals surface area (Å²) in [5.74, 6) is -0.274. The largest absolute Gasteiger partial charge is 0.469 e. The number of aromatic nitrogens is 2. The van der Waals surface area contributed by atoms with Crippen LogP contribution in [-0.2, 0) is 9.53 Å². The summed E-state index contributed by atoms with van der Waals surface area (Å²) >= 11 is 0. The summed E-state index contributed by atoms with van der Waals surface area (Å²) in [6.07, 6.45) is 2.03. The normalized spacial score (nSPS) is 12.8. The van der Waals surface area contributed by atoms with Gasteiger partial charge < -0.3 is 10.5 Å². The van der Waals surface area contributed by atoms with Gasteiger partial charge in [-0.1, -0.05) is 0 Å². The summed E-state index contributed by atoms with van der Waals surface area (Å²) in [7, 11) is 1.38. The van der Waals surface area contributed by atoms with E-state index in [9.17, 15) is 4.79 Å². The highest BCUT2D eigenvalue weighted by Crippen LogP contribution is 2.21. The Balaban J connectivity index is 2.86. The molecule has 16 heavy (non-hydrogen) atoms. The van der Waals surface area contributed by atoms with Crippen molar-refractivity contribution in [1.29, 1.82) is 0 Å². The highest BCUT2D eigenvalue weighted by Gasteiger charge is 2.19. The molecule has 5 nitrogen and oxygen atoms in total.